The van der Waals surface area contributed by atoms with E-state index in [1.807, 2.05) is 24.3 Å². The van der Waals surface area contributed by atoms with Gasteiger partial charge < -0.3 is 5.11 Å². The number of hydrogen-bond acceptors (Lipinski definition) is 2. The van der Waals surface area contributed by atoms with Gasteiger partial charge in [-0.05, 0) is 23.6 Å². The van der Waals surface area contributed by atoms with Crippen molar-refractivity contribution in [2.75, 3.05) is 0 Å². The summed E-state index contributed by atoms with van der Waals surface area (Å²) >= 11 is 6.11. The lowest BCUT2D eigenvalue weighted by molar-refractivity contribution is -0.131. The molecule has 0 saturated heterocycles. The molecule has 0 aliphatic carbocycles. The number of pyridine rings is 1. The Bertz CT molecular complexity index is 662. The molecular formula is C15H14ClNO2. The van der Waals surface area contributed by atoms with E-state index in [2.05, 4.69) is 18.8 Å². The number of aliphatic carboxylic acids is 1. The van der Waals surface area contributed by atoms with Gasteiger partial charge in [0.1, 0.15) is 5.15 Å². The molecule has 0 unspecified atom stereocenters. The second-order valence-corrected chi connectivity index (χ2v) is 4.97. The number of carboxylic acids is 1. The van der Waals surface area contributed by atoms with Crippen molar-refractivity contribution >= 4 is 34.5 Å². The number of carboxylic acid groups (broad SMARTS) is 1. The Hall–Kier alpha value is -1.87. The van der Waals surface area contributed by atoms with Gasteiger partial charge >= 0.3 is 5.97 Å². The van der Waals surface area contributed by atoms with Crippen LogP contribution in [-0.4, -0.2) is 16.1 Å². The highest BCUT2D eigenvalue weighted by Gasteiger charge is 2.09. The third-order valence-electron chi connectivity index (χ3n) is 2.89. The molecule has 3 nitrogen and oxygen atoms in total. The highest BCUT2D eigenvalue weighted by Crippen LogP contribution is 2.27. The van der Waals surface area contributed by atoms with Crippen molar-refractivity contribution in [2.45, 2.75) is 19.8 Å². The average Bonchev–Trinajstić information content (AvgIpc) is 2.35. The number of benzene rings is 1. The lowest BCUT2D eigenvalue weighted by atomic mass is 9.99. The predicted octanol–water partition coefficient (Wildman–Crippen LogP) is 4.11. The van der Waals surface area contributed by atoms with Gasteiger partial charge in [0.25, 0.3) is 0 Å². The maximum atomic E-state index is 10.5. The standard InChI is InChI=1S/C15H14ClNO2/c1-9(2)12-5-3-4-10-8-11(6-7-13(18)19)15(16)17-14(10)12/h3-9H,1-2H3,(H,18,19)/b7-6+. The van der Waals surface area contributed by atoms with E-state index in [1.54, 1.807) is 0 Å². The van der Waals surface area contributed by atoms with Crippen LogP contribution in [0, 0.1) is 0 Å². The van der Waals surface area contributed by atoms with Crippen LogP contribution >= 0.6 is 11.6 Å². The van der Waals surface area contributed by atoms with Crippen LogP contribution in [0.1, 0.15) is 30.9 Å². The number of halogens is 1. The number of carbonyl (C=O) groups is 1. The van der Waals surface area contributed by atoms with Crippen molar-refractivity contribution in [2.24, 2.45) is 0 Å². The van der Waals surface area contributed by atoms with E-state index in [4.69, 9.17) is 16.7 Å². The molecule has 0 fully saturated rings. The summed E-state index contributed by atoms with van der Waals surface area (Å²) in [5, 5.41) is 9.92. The summed E-state index contributed by atoms with van der Waals surface area (Å²) in [5.74, 6) is -0.653. The minimum absolute atomic E-state index is 0.318. The number of hydrogen-bond donors (Lipinski definition) is 1. The Balaban J connectivity index is 2.61. The van der Waals surface area contributed by atoms with Crippen molar-refractivity contribution in [3.63, 3.8) is 0 Å². The molecule has 0 aliphatic rings. The molecule has 0 bridgehead atoms. The molecule has 1 aromatic carbocycles. The van der Waals surface area contributed by atoms with Crippen molar-refractivity contribution in [1.29, 1.82) is 0 Å². The van der Waals surface area contributed by atoms with Crippen molar-refractivity contribution in [1.82, 2.24) is 4.98 Å². The van der Waals surface area contributed by atoms with E-state index in [-0.39, 0.29) is 0 Å². The van der Waals surface area contributed by atoms with E-state index >= 15 is 0 Å². The van der Waals surface area contributed by atoms with Gasteiger partial charge in [-0.3, -0.25) is 0 Å². The number of aromatic nitrogens is 1. The molecular weight excluding hydrogens is 262 g/mol. The molecule has 19 heavy (non-hydrogen) atoms. The number of fused-ring (bicyclic) bond motifs is 1. The van der Waals surface area contributed by atoms with Crippen LogP contribution in [0.3, 0.4) is 0 Å². The smallest absolute Gasteiger partial charge is 0.328 e. The molecule has 4 heteroatoms. The zero-order valence-electron chi connectivity index (χ0n) is 10.7. The van der Waals surface area contributed by atoms with Crippen LogP contribution in [0.5, 0.6) is 0 Å². The molecule has 1 N–H and O–H groups in total. The molecule has 0 amide bonds. The van der Waals surface area contributed by atoms with E-state index in [9.17, 15) is 4.79 Å². The molecule has 1 aromatic heterocycles. The summed E-state index contributed by atoms with van der Waals surface area (Å²) in [4.78, 5) is 14.9. The lowest BCUT2D eigenvalue weighted by Gasteiger charge is -2.10. The molecule has 0 spiro atoms. The highest BCUT2D eigenvalue weighted by molar-refractivity contribution is 6.31. The Morgan fingerprint density at radius 2 is 2.16 bits per heavy atom. The summed E-state index contributed by atoms with van der Waals surface area (Å²) in [5.41, 5.74) is 2.61. The first-order chi connectivity index (χ1) is 8.99. The quantitative estimate of drug-likeness (QED) is 0.677. The lowest BCUT2D eigenvalue weighted by Crippen LogP contribution is -1.94. The van der Waals surface area contributed by atoms with Gasteiger partial charge in [-0.15, -0.1) is 0 Å². The Morgan fingerprint density at radius 3 is 2.79 bits per heavy atom. The average molecular weight is 276 g/mol. The fourth-order valence-corrected chi connectivity index (χ4v) is 2.16. The molecule has 0 radical (unpaired) electrons. The molecule has 2 aromatic rings. The van der Waals surface area contributed by atoms with Gasteiger partial charge in [-0.2, -0.15) is 0 Å². The fourth-order valence-electron chi connectivity index (χ4n) is 1.96. The van der Waals surface area contributed by atoms with E-state index < -0.39 is 5.97 Å². The van der Waals surface area contributed by atoms with E-state index in [0.717, 1.165) is 22.5 Å². The van der Waals surface area contributed by atoms with Gasteiger partial charge in [-0.25, -0.2) is 9.78 Å². The normalized spacial score (nSPS) is 11.6. The minimum Gasteiger partial charge on any atom is -0.478 e. The summed E-state index contributed by atoms with van der Waals surface area (Å²) in [6.07, 6.45) is 2.51. The maximum Gasteiger partial charge on any atom is 0.328 e. The zero-order valence-corrected chi connectivity index (χ0v) is 11.5. The first-order valence-corrected chi connectivity index (χ1v) is 6.37. The number of nitrogens with zero attached hydrogens (tertiary/aromatic N) is 1. The molecule has 0 atom stereocenters. The summed E-state index contributed by atoms with van der Waals surface area (Å²) in [6.45, 7) is 4.20. The topological polar surface area (TPSA) is 50.2 Å². The number of rotatable bonds is 3. The van der Waals surface area contributed by atoms with Gasteiger partial charge in [0.05, 0.1) is 5.52 Å². The maximum absolute atomic E-state index is 10.5. The van der Waals surface area contributed by atoms with Crippen LogP contribution in [0.25, 0.3) is 17.0 Å². The Morgan fingerprint density at radius 1 is 1.42 bits per heavy atom. The highest BCUT2D eigenvalue weighted by atomic mass is 35.5. The number of para-hydroxylation sites is 1. The zero-order chi connectivity index (χ0) is 14.0. The molecule has 2 rings (SSSR count). The molecule has 1 heterocycles. The SMILES string of the molecule is CC(C)c1cccc2cc(/C=C/C(=O)O)c(Cl)nc12. The second-order valence-electron chi connectivity index (χ2n) is 4.61. The predicted molar refractivity (Wildman–Crippen MR) is 77.5 cm³/mol. The van der Waals surface area contributed by atoms with Gasteiger partial charge in [0, 0.05) is 17.0 Å². The van der Waals surface area contributed by atoms with Gasteiger partial charge in [0.2, 0.25) is 0 Å². The van der Waals surface area contributed by atoms with Crippen molar-refractivity contribution in [3.05, 3.63) is 46.6 Å². The third-order valence-corrected chi connectivity index (χ3v) is 3.19. The summed E-state index contributed by atoms with van der Waals surface area (Å²) < 4.78 is 0. The van der Waals surface area contributed by atoms with Crippen molar-refractivity contribution < 1.29 is 9.90 Å². The second kappa shape index (κ2) is 5.41. The van der Waals surface area contributed by atoms with Crippen LogP contribution in [-0.2, 0) is 4.79 Å². The van der Waals surface area contributed by atoms with Gasteiger partial charge in [0.15, 0.2) is 0 Å². The Labute approximate surface area is 116 Å². The molecule has 0 aliphatic heterocycles. The van der Waals surface area contributed by atoms with E-state index in [1.165, 1.54) is 6.08 Å². The van der Waals surface area contributed by atoms with Crippen LogP contribution in [0.15, 0.2) is 30.3 Å². The van der Waals surface area contributed by atoms with Crippen molar-refractivity contribution in [3.8, 4) is 0 Å². The van der Waals surface area contributed by atoms with Crippen LogP contribution < -0.4 is 0 Å². The largest absolute Gasteiger partial charge is 0.478 e. The molecule has 98 valence electrons. The summed E-state index contributed by atoms with van der Waals surface area (Å²) in [6, 6.07) is 7.81. The van der Waals surface area contributed by atoms with Gasteiger partial charge in [-0.1, -0.05) is 43.6 Å². The first-order valence-electron chi connectivity index (χ1n) is 5.99. The molecule has 0 saturated carbocycles. The van der Waals surface area contributed by atoms with Crippen LogP contribution in [0.4, 0.5) is 0 Å². The minimum atomic E-state index is -1.01. The first kappa shape index (κ1) is 13.6. The van der Waals surface area contributed by atoms with Crippen LogP contribution in [0.2, 0.25) is 5.15 Å². The monoisotopic (exact) mass is 275 g/mol. The van der Waals surface area contributed by atoms with E-state index in [0.29, 0.717) is 16.6 Å². The fraction of sp³-hybridized carbons (Fsp3) is 0.200. The third kappa shape index (κ3) is 2.93. The Kier molecular flexibility index (Phi) is 3.86. The summed E-state index contributed by atoms with van der Waals surface area (Å²) in [7, 11) is 0.